The molecule has 1 aromatic heterocycles. The lowest BCUT2D eigenvalue weighted by molar-refractivity contribution is -0.133. The Balaban J connectivity index is 1.59. The minimum atomic E-state index is -0.272. The van der Waals surface area contributed by atoms with Crippen molar-refractivity contribution in [3.8, 4) is 11.5 Å². The van der Waals surface area contributed by atoms with E-state index in [0.29, 0.717) is 11.3 Å². The Hall–Kier alpha value is -3.65. The van der Waals surface area contributed by atoms with Gasteiger partial charge in [-0.1, -0.05) is 18.2 Å². The van der Waals surface area contributed by atoms with Gasteiger partial charge in [-0.2, -0.15) is 5.10 Å². The fraction of sp³-hybridized carbons (Fsp3) is 0.240. The number of carbonyl (C=O) groups is 2. The summed E-state index contributed by atoms with van der Waals surface area (Å²) in [6.45, 7) is -0.0667. The smallest absolute Gasteiger partial charge is 0.264 e. The molecule has 170 valence electrons. The summed E-state index contributed by atoms with van der Waals surface area (Å²) in [4.78, 5) is 28.0. The Morgan fingerprint density at radius 3 is 2.24 bits per heavy atom. The zero-order chi connectivity index (χ0) is 23.4. The van der Waals surface area contributed by atoms with Crippen LogP contribution in [0.2, 0.25) is 0 Å². The third-order valence-corrected chi connectivity index (χ3v) is 6.40. The van der Waals surface area contributed by atoms with Gasteiger partial charge in [0.05, 0.1) is 30.9 Å². The number of ether oxygens (including phenoxy) is 2. The van der Waals surface area contributed by atoms with Gasteiger partial charge in [-0.3, -0.25) is 9.59 Å². The quantitative estimate of drug-likeness (QED) is 0.526. The molecule has 0 bridgehead atoms. The topological polar surface area (TPSA) is 71.4 Å². The first-order chi connectivity index (χ1) is 16.0. The lowest BCUT2D eigenvalue weighted by atomic mass is 9.98. The highest BCUT2D eigenvalue weighted by Gasteiger charge is 2.34. The lowest BCUT2D eigenvalue weighted by Crippen LogP contribution is -2.39. The van der Waals surface area contributed by atoms with Crippen molar-refractivity contribution in [2.45, 2.75) is 12.5 Å². The van der Waals surface area contributed by atoms with Gasteiger partial charge >= 0.3 is 0 Å². The van der Waals surface area contributed by atoms with E-state index in [-0.39, 0.29) is 24.4 Å². The summed E-state index contributed by atoms with van der Waals surface area (Å²) in [5.74, 6) is 1.07. The average molecular weight is 464 g/mol. The predicted molar refractivity (Wildman–Crippen MR) is 128 cm³/mol. The maximum atomic E-state index is 13.3. The molecule has 0 saturated heterocycles. The highest BCUT2D eigenvalue weighted by molar-refractivity contribution is 7.12. The van der Waals surface area contributed by atoms with Crippen molar-refractivity contribution >= 4 is 28.9 Å². The molecular weight excluding hydrogens is 438 g/mol. The van der Waals surface area contributed by atoms with Crippen LogP contribution in [-0.4, -0.2) is 55.2 Å². The molecule has 1 atom stereocenters. The highest BCUT2D eigenvalue weighted by Crippen LogP contribution is 2.34. The van der Waals surface area contributed by atoms with E-state index < -0.39 is 0 Å². The number of hydrazone groups is 1. The number of nitrogens with zero attached hydrogens (tertiary/aromatic N) is 3. The second kappa shape index (κ2) is 9.87. The first kappa shape index (κ1) is 22.5. The molecule has 1 aliphatic heterocycles. The van der Waals surface area contributed by atoms with Crippen molar-refractivity contribution in [1.82, 2.24) is 9.91 Å². The Kier molecular flexibility index (Phi) is 6.74. The Labute approximate surface area is 196 Å². The number of carbonyl (C=O) groups excluding carboxylic acids is 2. The largest absolute Gasteiger partial charge is 0.497 e. The number of likely N-dealkylation sites (N-methyl/N-ethyl adjacent to an activating group) is 1. The maximum absolute atomic E-state index is 13.3. The minimum absolute atomic E-state index is 0.0667. The molecule has 2 aromatic carbocycles. The number of thiophene rings is 1. The third-order valence-electron chi connectivity index (χ3n) is 5.54. The van der Waals surface area contributed by atoms with Gasteiger partial charge < -0.3 is 14.4 Å². The van der Waals surface area contributed by atoms with E-state index in [1.807, 2.05) is 60.0 Å². The molecule has 0 unspecified atom stereocenters. The van der Waals surface area contributed by atoms with Gasteiger partial charge in [0.1, 0.15) is 18.0 Å². The monoisotopic (exact) mass is 463 g/mol. The Morgan fingerprint density at radius 2 is 1.67 bits per heavy atom. The summed E-state index contributed by atoms with van der Waals surface area (Å²) < 4.78 is 10.5. The summed E-state index contributed by atoms with van der Waals surface area (Å²) in [5.41, 5.74) is 2.68. The minimum Gasteiger partial charge on any atom is -0.497 e. The number of methoxy groups -OCH3 is 2. The molecule has 4 rings (SSSR count). The summed E-state index contributed by atoms with van der Waals surface area (Å²) in [6.07, 6.45) is 0.562. The van der Waals surface area contributed by atoms with Crippen LogP contribution in [0.3, 0.4) is 0 Å². The average Bonchev–Trinajstić information content (AvgIpc) is 3.54. The summed E-state index contributed by atoms with van der Waals surface area (Å²) >= 11 is 1.35. The Bertz CT molecular complexity index is 1140. The van der Waals surface area contributed by atoms with E-state index in [4.69, 9.17) is 9.47 Å². The van der Waals surface area contributed by atoms with Gasteiger partial charge in [0, 0.05) is 13.5 Å². The van der Waals surface area contributed by atoms with Gasteiger partial charge in [-0.25, -0.2) is 5.01 Å². The number of amides is 2. The van der Waals surface area contributed by atoms with E-state index in [0.717, 1.165) is 28.3 Å². The van der Waals surface area contributed by atoms with Crippen LogP contribution in [0, 0.1) is 0 Å². The van der Waals surface area contributed by atoms with Crippen molar-refractivity contribution in [2.24, 2.45) is 5.10 Å². The fourth-order valence-corrected chi connectivity index (χ4v) is 4.44. The van der Waals surface area contributed by atoms with Crippen molar-refractivity contribution in [1.29, 1.82) is 0 Å². The highest BCUT2D eigenvalue weighted by atomic mass is 32.1. The molecule has 2 heterocycles. The number of rotatable bonds is 7. The van der Waals surface area contributed by atoms with Crippen LogP contribution < -0.4 is 9.47 Å². The summed E-state index contributed by atoms with van der Waals surface area (Å²) in [6, 6.07) is 18.5. The molecule has 0 fully saturated rings. The molecule has 0 N–H and O–H groups in total. The Morgan fingerprint density at radius 1 is 1.03 bits per heavy atom. The van der Waals surface area contributed by atoms with E-state index in [9.17, 15) is 9.59 Å². The molecule has 1 aliphatic rings. The molecule has 7 nitrogen and oxygen atoms in total. The first-order valence-corrected chi connectivity index (χ1v) is 11.3. The second-order valence-electron chi connectivity index (χ2n) is 7.65. The number of hydrogen-bond acceptors (Lipinski definition) is 6. The van der Waals surface area contributed by atoms with E-state index in [2.05, 4.69) is 5.10 Å². The summed E-state index contributed by atoms with van der Waals surface area (Å²) in [7, 11) is 4.87. The van der Waals surface area contributed by atoms with Crippen molar-refractivity contribution in [3.63, 3.8) is 0 Å². The van der Waals surface area contributed by atoms with Crippen LogP contribution in [0.1, 0.15) is 33.3 Å². The predicted octanol–water partition coefficient (Wildman–Crippen LogP) is 4.22. The lowest BCUT2D eigenvalue weighted by Gasteiger charge is -2.25. The SMILES string of the molecule is COc1ccc(C2=NN(C(=O)CN(C)C(=O)c3cccs3)[C@@H](c3ccc(OC)cc3)C2)cc1. The zero-order valence-electron chi connectivity index (χ0n) is 18.7. The van der Waals surface area contributed by atoms with Crippen molar-refractivity contribution in [2.75, 3.05) is 27.8 Å². The molecule has 0 saturated carbocycles. The summed E-state index contributed by atoms with van der Waals surface area (Å²) in [5, 5.41) is 8.02. The number of benzene rings is 2. The third kappa shape index (κ3) is 4.90. The van der Waals surface area contributed by atoms with Gasteiger partial charge in [0.15, 0.2) is 0 Å². The fourth-order valence-electron chi connectivity index (χ4n) is 3.72. The van der Waals surface area contributed by atoms with E-state index in [1.165, 1.54) is 21.2 Å². The molecule has 0 spiro atoms. The van der Waals surface area contributed by atoms with Crippen LogP contribution in [0.5, 0.6) is 11.5 Å². The zero-order valence-corrected chi connectivity index (χ0v) is 19.5. The number of hydrogen-bond donors (Lipinski definition) is 0. The van der Waals surface area contributed by atoms with Gasteiger partial charge in [-0.15, -0.1) is 11.3 Å². The van der Waals surface area contributed by atoms with Crippen LogP contribution in [0.25, 0.3) is 0 Å². The molecule has 2 amide bonds. The normalized spacial score (nSPS) is 15.2. The van der Waals surface area contributed by atoms with Crippen LogP contribution in [0.4, 0.5) is 0 Å². The maximum Gasteiger partial charge on any atom is 0.264 e. The van der Waals surface area contributed by atoms with Crippen LogP contribution in [0.15, 0.2) is 71.1 Å². The first-order valence-electron chi connectivity index (χ1n) is 10.5. The van der Waals surface area contributed by atoms with Gasteiger partial charge in [-0.05, 0) is 59.0 Å². The standard InChI is InChI=1S/C25H25N3O4S/c1-27(25(30)23-5-4-14-33-23)16-24(29)28-22(18-8-12-20(32-3)13-9-18)15-21(26-28)17-6-10-19(31-2)11-7-17/h4-14,22H,15-16H2,1-3H3/t22-/m1/s1. The molecule has 0 radical (unpaired) electrons. The molecule has 33 heavy (non-hydrogen) atoms. The molecular formula is C25H25N3O4S. The van der Waals surface area contributed by atoms with E-state index in [1.54, 1.807) is 27.3 Å². The van der Waals surface area contributed by atoms with Gasteiger partial charge in [0.2, 0.25) is 0 Å². The van der Waals surface area contributed by atoms with Crippen LogP contribution in [-0.2, 0) is 4.79 Å². The van der Waals surface area contributed by atoms with E-state index >= 15 is 0 Å². The van der Waals surface area contributed by atoms with Gasteiger partial charge in [0.25, 0.3) is 11.8 Å². The second-order valence-corrected chi connectivity index (χ2v) is 8.59. The van der Waals surface area contributed by atoms with Crippen molar-refractivity contribution < 1.29 is 19.1 Å². The molecule has 3 aromatic rings. The molecule has 0 aliphatic carbocycles. The molecule has 8 heteroatoms. The van der Waals surface area contributed by atoms with Crippen LogP contribution >= 0.6 is 11.3 Å². The van der Waals surface area contributed by atoms with Crippen molar-refractivity contribution in [3.05, 3.63) is 82.0 Å².